The number of hydrogen-bond acceptors (Lipinski definition) is 1. The van der Waals surface area contributed by atoms with Crippen LogP contribution in [-0.2, 0) is 0 Å². The van der Waals surface area contributed by atoms with E-state index in [1.807, 2.05) is 0 Å². The lowest BCUT2D eigenvalue weighted by molar-refractivity contribution is 0.152. The van der Waals surface area contributed by atoms with Crippen LogP contribution in [0.2, 0.25) is 0 Å². The zero-order valence-corrected chi connectivity index (χ0v) is 23.0. The Kier molecular flexibility index (Phi) is 16.8. The lowest BCUT2D eigenvalue weighted by Gasteiger charge is -2.39. The molecule has 1 heteroatoms. The van der Waals surface area contributed by atoms with Gasteiger partial charge >= 0.3 is 0 Å². The van der Waals surface area contributed by atoms with Gasteiger partial charge in [0.2, 0.25) is 0 Å². The van der Waals surface area contributed by atoms with Crippen LogP contribution in [-0.4, -0.2) is 6.04 Å². The molecular weight excluding hydrogens is 386 g/mol. The largest absolute Gasteiger partial charge is 0.327 e. The van der Waals surface area contributed by atoms with Gasteiger partial charge in [-0.3, -0.25) is 0 Å². The Morgan fingerprint density at radius 2 is 1.50 bits per heavy atom. The van der Waals surface area contributed by atoms with E-state index < -0.39 is 0 Å². The number of hydrogen-bond donors (Lipinski definition) is 1. The number of unbranched alkanes of at least 4 members (excludes halogenated alkanes) is 8. The van der Waals surface area contributed by atoms with Crippen molar-refractivity contribution in [3.8, 4) is 0 Å². The molecule has 0 spiro atoms. The van der Waals surface area contributed by atoms with Gasteiger partial charge in [0.1, 0.15) is 0 Å². The Labute approximate surface area is 203 Å². The van der Waals surface area contributed by atoms with Crippen molar-refractivity contribution in [2.24, 2.45) is 35.3 Å². The maximum Gasteiger partial charge on any atom is 0.00931 e. The van der Waals surface area contributed by atoms with Gasteiger partial charge in [-0.1, -0.05) is 130 Å². The van der Waals surface area contributed by atoms with E-state index in [0.717, 1.165) is 17.8 Å². The Balaban J connectivity index is 2.51. The molecule has 1 fully saturated rings. The second kappa shape index (κ2) is 18.1. The molecule has 1 saturated carbocycles. The van der Waals surface area contributed by atoms with Crippen molar-refractivity contribution in [1.29, 1.82) is 0 Å². The molecule has 1 aliphatic rings. The van der Waals surface area contributed by atoms with Gasteiger partial charge in [-0.25, -0.2) is 0 Å². The molecule has 0 amide bonds. The molecule has 0 radical (unpaired) electrons. The third kappa shape index (κ3) is 12.2. The van der Waals surface area contributed by atoms with E-state index >= 15 is 0 Å². The van der Waals surface area contributed by atoms with Crippen LogP contribution in [0.3, 0.4) is 0 Å². The molecule has 0 aromatic carbocycles. The van der Waals surface area contributed by atoms with Crippen molar-refractivity contribution >= 4 is 0 Å². The highest BCUT2D eigenvalue weighted by Crippen LogP contribution is 2.38. The third-order valence-electron chi connectivity index (χ3n) is 8.75. The summed E-state index contributed by atoms with van der Waals surface area (Å²) < 4.78 is 0. The van der Waals surface area contributed by atoms with Gasteiger partial charge in [-0.05, 0) is 61.7 Å². The first kappa shape index (κ1) is 29.7. The molecule has 1 nitrogen and oxygen atoms in total. The maximum absolute atomic E-state index is 6.51. The van der Waals surface area contributed by atoms with Crippen LogP contribution >= 0.6 is 0 Å². The van der Waals surface area contributed by atoms with Crippen molar-refractivity contribution in [2.75, 3.05) is 0 Å². The molecule has 6 unspecified atom stereocenters. The predicted octanol–water partition coefficient (Wildman–Crippen LogP) is 10.1. The zero-order valence-electron chi connectivity index (χ0n) is 23.0. The summed E-state index contributed by atoms with van der Waals surface area (Å²) in [4.78, 5) is 0. The summed E-state index contributed by atoms with van der Waals surface area (Å²) in [5.74, 6) is 3.97. The lowest BCUT2D eigenvalue weighted by Crippen LogP contribution is -2.42. The van der Waals surface area contributed by atoms with Crippen LogP contribution in [0.25, 0.3) is 0 Å². The van der Waals surface area contributed by atoms with E-state index in [9.17, 15) is 0 Å². The van der Waals surface area contributed by atoms with Crippen LogP contribution in [0, 0.1) is 29.6 Å². The van der Waals surface area contributed by atoms with E-state index in [-0.39, 0.29) is 0 Å². The van der Waals surface area contributed by atoms with Crippen molar-refractivity contribution in [2.45, 2.75) is 156 Å². The summed E-state index contributed by atoms with van der Waals surface area (Å²) in [6.45, 7) is 16.3. The summed E-state index contributed by atoms with van der Waals surface area (Å²) >= 11 is 0. The molecule has 6 atom stereocenters. The quantitative estimate of drug-likeness (QED) is 0.155. The first-order chi connectivity index (χ1) is 15.4. The van der Waals surface area contributed by atoms with Gasteiger partial charge < -0.3 is 5.73 Å². The van der Waals surface area contributed by atoms with Gasteiger partial charge in [-0.15, -0.1) is 0 Å². The van der Waals surface area contributed by atoms with Crippen molar-refractivity contribution < 1.29 is 0 Å². The van der Waals surface area contributed by atoms with Crippen molar-refractivity contribution in [3.05, 3.63) is 12.2 Å². The van der Waals surface area contributed by atoms with Crippen molar-refractivity contribution in [3.63, 3.8) is 0 Å². The Morgan fingerprint density at radius 1 is 0.875 bits per heavy atom. The monoisotopic (exact) mass is 447 g/mol. The molecule has 0 saturated heterocycles. The smallest absolute Gasteiger partial charge is 0.00931 e. The fourth-order valence-electron chi connectivity index (χ4n) is 6.26. The molecule has 1 rings (SSSR count). The standard InChI is InChI=1S/C31H61N/c1-7-10-12-14-16-18-25(4)26(5)22-28(19-17-15-13-11-8-2)20-21-29-23-27(6)31(32)30(9-3)24-29/h26-31H,4,7-24,32H2,1-3,5-6H3. The number of rotatable bonds is 19. The lowest BCUT2D eigenvalue weighted by atomic mass is 9.69. The van der Waals surface area contributed by atoms with Gasteiger partial charge in [0.05, 0.1) is 0 Å². The first-order valence-corrected chi connectivity index (χ1v) is 14.9. The van der Waals surface area contributed by atoms with Gasteiger partial charge in [0.25, 0.3) is 0 Å². The summed E-state index contributed by atoms with van der Waals surface area (Å²) in [6, 6.07) is 0.436. The van der Waals surface area contributed by atoms with Crippen LogP contribution in [0.1, 0.15) is 150 Å². The van der Waals surface area contributed by atoms with Crippen LogP contribution < -0.4 is 5.73 Å². The topological polar surface area (TPSA) is 26.0 Å². The average molecular weight is 448 g/mol. The highest BCUT2D eigenvalue weighted by atomic mass is 14.7. The van der Waals surface area contributed by atoms with Crippen LogP contribution in [0.5, 0.6) is 0 Å². The van der Waals surface area contributed by atoms with E-state index in [1.54, 1.807) is 0 Å². The average Bonchev–Trinajstić information content (AvgIpc) is 2.78. The molecule has 0 aromatic rings. The second-order valence-corrected chi connectivity index (χ2v) is 11.7. The normalized spacial score (nSPS) is 25.6. The highest BCUT2D eigenvalue weighted by Gasteiger charge is 2.32. The molecule has 0 heterocycles. The molecule has 32 heavy (non-hydrogen) atoms. The van der Waals surface area contributed by atoms with Gasteiger partial charge in [0.15, 0.2) is 0 Å². The molecular formula is C31H61N. The molecule has 190 valence electrons. The summed E-state index contributed by atoms with van der Waals surface area (Å²) in [5.41, 5.74) is 8.04. The van der Waals surface area contributed by atoms with Gasteiger partial charge in [0, 0.05) is 6.04 Å². The van der Waals surface area contributed by atoms with Crippen LogP contribution in [0.15, 0.2) is 12.2 Å². The minimum atomic E-state index is 0.436. The summed E-state index contributed by atoms with van der Waals surface area (Å²) in [7, 11) is 0. The Morgan fingerprint density at radius 3 is 2.12 bits per heavy atom. The molecule has 2 N–H and O–H groups in total. The van der Waals surface area contributed by atoms with Gasteiger partial charge in [-0.2, -0.15) is 0 Å². The summed E-state index contributed by atoms with van der Waals surface area (Å²) in [6.07, 6.45) is 24.9. The summed E-state index contributed by atoms with van der Waals surface area (Å²) in [5, 5.41) is 0. The van der Waals surface area contributed by atoms with Crippen LogP contribution in [0.4, 0.5) is 0 Å². The molecule has 0 aliphatic heterocycles. The van der Waals surface area contributed by atoms with E-state index in [4.69, 9.17) is 5.73 Å². The van der Waals surface area contributed by atoms with E-state index in [2.05, 4.69) is 41.2 Å². The molecule has 0 aromatic heterocycles. The Bertz CT molecular complexity index is 455. The number of allylic oxidation sites excluding steroid dienone is 1. The molecule has 0 bridgehead atoms. The minimum Gasteiger partial charge on any atom is -0.327 e. The maximum atomic E-state index is 6.51. The van der Waals surface area contributed by atoms with Crippen molar-refractivity contribution in [1.82, 2.24) is 0 Å². The highest BCUT2D eigenvalue weighted by molar-refractivity contribution is 4.99. The zero-order chi connectivity index (χ0) is 23.8. The fourth-order valence-corrected chi connectivity index (χ4v) is 6.26. The third-order valence-corrected chi connectivity index (χ3v) is 8.75. The number of nitrogens with two attached hydrogens (primary N) is 1. The van der Waals surface area contributed by atoms with E-state index in [0.29, 0.717) is 17.9 Å². The Hall–Kier alpha value is -0.300. The SMILES string of the molecule is C=C(CCCCCCC)C(C)CC(CCCCCCC)CCC1CC(C)C(N)C(CC)C1. The fraction of sp³-hybridized carbons (Fsp3) is 0.935. The molecule has 1 aliphatic carbocycles. The predicted molar refractivity (Wildman–Crippen MR) is 146 cm³/mol. The van der Waals surface area contributed by atoms with E-state index in [1.165, 1.54) is 121 Å². The minimum absolute atomic E-state index is 0.436. The second-order valence-electron chi connectivity index (χ2n) is 11.7. The first-order valence-electron chi connectivity index (χ1n) is 14.9.